The van der Waals surface area contributed by atoms with E-state index in [0.29, 0.717) is 26.2 Å². The van der Waals surface area contributed by atoms with Crippen LogP contribution in [0.25, 0.3) is 0 Å². The normalized spacial score (nSPS) is 9.14. The number of ether oxygens (including phenoxy) is 2. The maximum atomic E-state index is 10.8. The Morgan fingerprint density at radius 3 is 2.86 bits per heavy atom. The van der Waals surface area contributed by atoms with Crippen LogP contribution in [0, 0.1) is 0 Å². The van der Waals surface area contributed by atoms with E-state index in [4.69, 9.17) is 4.74 Å². The fraction of sp³-hybridized carbons (Fsp3) is 0.556. The van der Waals surface area contributed by atoms with Crippen molar-refractivity contribution in [3.8, 4) is 0 Å². The van der Waals surface area contributed by atoms with Crippen LogP contribution in [0.15, 0.2) is 12.7 Å². The zero-order chi connectivity index (χ0) is 10.6. The van der Waals surface area contributed by atoms with Crippen LogP contribution in [-0.2, 0) is 14.3 Å². The van der Waals surface area contributed by atoms with E-state index in [0.717, 1.165) is 6.29 Å². The van der Waals surface area contributed by atoms with E-state index in [1.807, 2.05) is 0 Å². The second kappa shape index (κ2) is 9.73. The second-order valence-electron chi connectivity index (χ2n) is 2.38. The molecule has 0 aromatic carbocycles. The summed E-state index contributed by atoms with van der Waals surface area (Å²) < 4.78 is 9.65. The minimum absolute atomic E-state index is 0.192. The van der Waals surface area contributed by atoms with Gasteiger partial charge >= 0.3 is 6.09 Å². The van der Waals surface area contributed by atoms with Gasteiger partial charge in [0.1, 0.15) is 12.9 Å². The number of hydrogen-bond donors (Lipinski definition) is 1. The molecule has 0 spiro atoms. The van der Waals surface area contributed by atoms with E-state index in [1.54, 1.807) is 0 Å². The quantitative estimate of drug-likeness (QED) is 0.353. The lowest BCUT2D eigenvalue weighted by atomic mass is 10.5. The summed E-state index contributed by atoms with van der Waals surface area (Å²) in [5.41, 5.74) is 0. The van der Waals surface area contributed by atoms with E-state index in [2.05, 4.69) is 16.6 Å². The van der Waals surface area contributed by atoms with Gasteiger partial charge in [-0.05, 0) is 0 Å². The monoisotopic (exact) mass is 201 g/mol. The van der Waals surface area contributed by atoms with E-state index in [-0.39, 0.29) is 6.61 Å². The first-order chi connectivity index (χ1) is 6.81. The van der Waals surface area contributed by atoms with E-state index in [9.17, 15) is 9.59 Å². The lowest BCUT2D eigenvalue weighted by Gasteiger charge is -2.05. The minimum Gasteiger partial charge on any atom is -0.445 e. The average Bonchev–Trinajstić information content (AvgIpc) is 2.20. The summed E-state index contributed by atoms with van der Waals surface area (Å²) in [6.45, 7) is 4.72. The molecular weight excluding hydrogens is 186 g/mol. The van der Waals surface area contributed by atoms with Gasteiger partial charge in [-0.15, -0.1) is 0 Å². The van der Waals surface area contributed by atoms with E-state index in [1.165, 1.54) is 6.08 Å². The van der Waals surface area contributed by atoms with Gasteiger partial charge in [0.05, 0.1) is 13.2 Å². The van der Waals surface area contributed by atoms with Gasteiger partial charge in [0, 0.05) is 13.0 Å². The molecule has 0 aromatic heterocycles. The number of aldehydes is 1. The van der Waals surface area contributed by atoms with Gasteiger partial charge in [0.2, 0.25) is 0 Å². The summed E-state index contributed by atoms with van der Waals surface area (Å²) in [5.74, 6) is 0. The smallest absolute Gasteiger partial charge is 0.407 e. The lowest BCUT2D eigenvalue weighted by molar-refractivity contribution is -0.108. The van der Waals surface area contributed by atoms with Crippen molar-refractivity contribution in [1.82, 2.24) is 5.32 Å². The highest BCUT2D eigenvalue weighted by Gasteiger charge is 1.97. The zero-order valence-corrected chi connectivity index (χ0v) is 8.03. The number of carbonyl (C=O) groups excluding carboxylic acids is 2. The Morgan fingerprint density at radius 2 is 2.21 bits per heavy atom. The number of amides is 1. The molecule has 0 unspecified atom stereocenters. The summed E-state index contributed by atoms with van der Waals surface area (Å²) in [6.07, 6.45) is 2.15. The van der Waals surface area contributed by atoms with E-state index >= 15 is 0 Å². The van der Waals surface area contributed by atoms with Crippen LogP contribution in [0.2, 0.25) is 0 Å². The van der Waals surface area contributed by atoms with Crippen molar-refractivity contribution in [3.05, 3.63) is 12.7 Å². The van der Waals surface area contributed by atoms with Gasteiger partial charge in [-0.2, -0.15) is 0 Å². The van der Waals surface area contributed by atoms with Crippen LogP contribution in [0.4, 0.5) is 4.79 Å². The first kappa shape index (κ1) is 12.6. The third-order valence-electron chi connectivity index (χ3n) is 1.23. The summed E-state index contributed by atoms with van der Waals surface area (Å²) in [6, 6.07) is 0. The Labute approximate surface area is 83.1 Å². The molecule has 0 saturated carbocycles. The molecule has 0 aromatic rings. The van der Waals surface area contributed by atoms with Crippen LogP contribution in [0.1, 0.15) is 6.42 Å². The molecule has 0 aliphatic heterocycles. The van der Waals surface area contributed by atoms with Gasteiger partial charge in [0.25, 0.3) is 0 Å². The van der Waals surface area contributed by atoms with Crippen molar-refractivity contribution in [1.29, 1.82) is 0 Å². The standard InChI is InChI=1S/C9H15NO4/c1-2-6-14-9(12)10-4-8-13-7-3-5-11/h2,5H,1,3-4,6-8H2,(H,10,12). The molecule has 0 aliphatic rings. The summed E-state index contributed by atoms with van der Waals surface area (Å²) in [4.78, 5) is 20.7. The fourth-order valence-corrected chi connectivity index (χ4v) is 0.644. The molecule has 14 heavy (non-hydrogen) atoms. The predicted octanol–water partition coefficient (Wildman–Crippen LogP) is 0.504. The van der Waals surface area contributed by atoms with Gasteiger partial charge in [-0.25, -0.2) is 4.79 Å². The Bertz CT molecular complexity index is 182. The molecule has 5 nitrogen and oxygen atoms in total. The fourth-order valence-electron chi connectivity index (χ4n) is 0.644. The number of carbonyl (C=O) groups is 2. The van der Waals surface area contributed by atoms with Crippen LogP contribution in [0.5, 0.6) is 0 Å². The highest BCUT2D eigenvalue weighted by atomic mass is 16.5. The van der Waals surface area contributed by atoms with Gasteiger partial charge in [0.15, 0.2) is 0 Å². The van der Waals surface area contributed by atoms with Gasteiger partial charge in [-0.3, -0.25) is 0 Å². The molecular formula is C9H15NO4. The molecule has 0 heterocycles. The molecule has 5 heteroatoms. The largest absolute Gasteiger partial charge is 0.445 e. The van der Waals surface area contributed by atoms with E-state index < -0.39 is 6.09 Å². The van der Waals surface area contributed by atoms with Crippen LogP contribution in [0.3, 0.4) is 0 Å². The third-order valence-corrected chi connectivity index (χ3v) is 1.23. The highest BCUT2D eigenvalue weighted by Crippen LogP contribution is 1.80. The van der Waals surface area contributed by atoms with Crippen LogP contribution >= 0.6 is 0 Å². The Kier molecular flexibility index (Phi) is 8.78. The van der Waals surface area contributed by atoms with Crippen LogP contribution < -0.4 is 5.32 Å². The summed E-state index contributed by atoms with van der Waals surface area (Å²) in [7, 11) is 0. The van der Waals surface area contributed by atoms with Crippen molar-refractivity contribution < 1.29 is 19.1 Å². The molecule has 0 rings (SSSR count). The molecule has 0 radical (unpaired) electrons. The Hall–Kier alpha value is -1.36. The molecule has 0 atom stereocenters. The predicted molar refractivity (Wildman–Crippen MR) is 51.0 cm³/mol. The van der Waals surface area contributed by atoms with Crippen molar-refractivity contribution in [2.24, 2.45) is 0 Å². The van der Waals surface area contributed by atoms with Gasteiger partial charge < -0.3 is 19.6 Å². The molecule has 80 valence electrons. The summed E-state index contributed by atoms with van der Waals surface area (Å²) >= 11 is 0. The maximum Gasteiger partial charge on any atom is 0.407 e. The number of hydrogen-bond acceptors (Lipinski definition) is 4. The Morgan fingerprint density at radius 1 is 1.43 bits per heavy atom. The van der Waals surface area contributed by atoms with Crippen molar-refractivity contribution in [2.45, 2.75) is 6.42 Å². The molecule has 1 amide bonds. The molecule has 0 aliphatic carbocycles. The zero-order valence-electron chi connectivity index (χ0n) is 8.03. The SMILES string of the molecule is C=CCOC(=O)NCCOCCC=O. The third kappa shape index (κ3) is 8.73. The second-order valence-corrected chi connectivity index (χ2v) is 2.38. The molecule has 0 saturated heterocycles. The number of nitrogens with one attached hydrogen (secondary N) is 1. The lowest BCUT2D eigenvalue weighted by Crippen LogP contribution is -2.28. The molecule has 1 N–H and O–H groups in total. The minimum atomic E-state index is -0.496. The van der Waals surface area contributed by atoms with Crippen LogP contribution in [-0.4, -0.2) is 38.7 Å². The maximum absolute atomic E-state index is 10.8. The van der Waals surface area contributed by atoms with Crippen molar-refractivity contribution >= 4 is 12.4 Å². The first-order valence-electron chi connectivity index (χ1n) is 4.34. The average molecular weight is 201 g/mol. The molecule has 0 bridgehead atoms. The topological polar surface area (TPSA) is 64.6 Å². The van der Waals surface area contributed by atoms with Crippen molar-refractivity contribution in [3.63, 3.8) is 0 Å². The highest BCUT2D eigenvalue weighted by molar-refractivity contribution is 5.67. The summed E-state index contributed by atoms with van der Waals surface area (Å²) in [5, 5.41) is 2.47. The Balaban J connectivity index is 3.14. The number of alkyl carbamates (subject to hydrolysis) is 1. The number of rotatable bonds is 8. The van der Waals surface area contributed by atoms with Gasteiger partial charge in [-0.1, -0.05) is 12.7 Å². The first-order valence-corrected chi connectivity index (χ1v) is 4.34. The van der Waals surface area contributed by atoms with Crippen molar-refractivity contribution in [2.75, 3.05) is 26.4 Å². The molecule has 0 fully saturated rings.